The fourth-order valence-electron chi connectivity index (χ4n) is 8.32. The molecule has 0 radical (unpaired) electrons. The molecule has 2 aliphatic heterocycles. The van der Waals surface area contributed by atoms with E-state index >= 15 is 0 Å². The van der Waals surface area contributed by atoms with E-state index in [1.54, 1.807) is 12.1 Å². The summed E-state index contributed by atoms with van der Waals surface area (Å²) in [5.41, 5.74) is 9.48. The molecule has 14 nitrogen and oxygen atoms in total. The van der Waals surface area contributed by atoms with Crippen molar-refractivity contribution >= 4 is 35.0 Å². The van der Waals surface area contributed by atoms with Crippen molar-refractivity contribution in [3.63, 3.8) is 0 Å². The summed E-state index contributed by atoms with van der Waals surface area (Å²) in [6.07, 6.45) is 10.7. The van der Waals surface area contributed by atoms with Crippen molar-refractivity contribution in [2.24, 2.45) is 0 Å². The number of likely N-dealkylation sites (tertiary alicyclic amines) is 1. The molecular weight excluding hydrogens is 897 g/mol. The van der Waals surface area contributed by atoms with Crippen LogP contribution in [0.5, 0.6) is 0 Å². The number of furan rings is 2. The normalized spacial score (nSPS) is 13.4. The van der Waals surface area contributed by atoms with E-state index in [4.69, 9.17) is 19.4 Å². The molecule has 2 saturated heterocycles. The van der Waals surface area contributed by atoms with Crippen molar-refractivity contribution in [3.05, 3.63) is 192 Å². The highest BCUT2D eigenvalue weighted by molar-refractivity contribution is 7.99. The number of hydrogen-bond acceptors (Lipinski definition) is 11. The summed E-state index contributed by atoms with van der Waals surface area (Å²) in [5.74, 6) is 4.07. The number of nitriles is 2. The summed E-state index contributed by atoms with van der Waals surface area (Å²) in [7, 11) is 0. The number of nitrogens with one attached hydrogen (secondary N) is 2. The lowest BCUT2D eigenvalue weighted by molar-refractivity contribution is 0.0692. The van der Waals surface area contributed by atoms with Crippen molar-refractivity contribution in [2.45, 2.75) is 45.4 Å². The molecule has 15 heteroatoms. The molecule has 70 heavy (non-hydrogen) atoms. The van der Waals surface area contributed by atoms with Crippen molar-refractivity contribution in [3.8, 4) is 34.8 Å². The second-order valence-corrected chi connectivity index (χ2v) is 18.3. The molecule has 8 aromatic rings. The lowest BCUT2D eigenvalue weighted by Crippen LogP contribution is -2.37. The topological polar surface area (TPSA) is 174 Å². The second kappa shape index (κ2) is 22.7. The van der Waals surface area contributed by atoms with Crippen LogP contribution >= 0.6 is 11.8 Å². The van der Waals surface area contributed by atoms with Crippen LogP contribution in [0.4, 0.5) is 11.4 Å². The summed E-state index contributed by atoms with van der Waals surface area (Å²) in [6.45, 7) is 5.80. The van der Waals surface area contributed by atoms with Crippen LogP contribution in [0.1, 0.15) is 74.0 Å². The third-order valence-corrected chi connectivity index (χ3v) is 13.3. The number of hydrogen-bond donors (Lipinski definition) is 2. The van der Waals surface area contributed by atoms with Gasteiger partial charge in [0, 0.05) is 85.7 Å². The van der Waals surface area contributed by atoms with Crippen LogP contribution in [0.2, 0.25) is 0 Å². The minimum absolute atomic E-state index is 0.0214. The molecule has 0 aliphatic carbocycles. The Kier molecular flexibility index (Phi) is 15.2. The number of nitrogens with zero attached hydrogens (tertiary/aromatic N) is 8. The Labute approximate surface area is 411 Å². The first-order chi connectivity index (χ1) is 34.4. The SMILES string of the molecule is N#Cc1ccc(Cn2cncc2CNc2ccc(-c3ccc(C(=O)N4CCCCC4)o3)cc2)cc1.N#Cc1ccc(Cn2cncc2CNc2ccc(-c3ccc(C(=O)N4CCSCC4)o3)cc2)cc1. The Morgan fingerprint density at radius 2 is 0.971 bits per heavy atom. The molecule has 0 bridgehead atoms. The van der Waals surface area contributed by atoms with Crippen LogP contribution in [0.25, 0.3) is 22.6 Å². The number of imidazole rings is 2. The van der Waals surface area contributed by atoms with Gasteiger partial charge in [0.25, 0.3) is 11.8 Å². The molecule has 6 heterocycles. The van der Waals surface area contributed by atoms with Crippen LogP contribution in [0.3, 0.4) is 0 Å². The predicted molar refractivity (Wildman–Crippen MR) is 271 cm³/mol. The van der Waals surface area contributed by atoms with E-state index in [1.165, 1.54) is 6.42 Å². The number of benzene rings is 4. The smallest absolute Gasteiger partial charge is 0.289 e. The molecular formula is C55H52N10O4S. The highest BCUT2D eigenvalue weighted by Gasteiger charge is 2.23. The number of rotatable bonds is 14. The zero-order chi connectivity index (χ0) is 48.1. The Hall–Kier alpha value is -8.27. The van der Waals surface area contributed by atoms with Crippen LogP contribution in [-0.4, -0.2) is 78.4 Å². The van der Waals surface area contributed by atoms with Gasteiger partial charge in [0.05, 0.1) is 60.4 Å². The monoisotopic (exact) mass is 948 g/mol. The molecule has 2 N–H and O–H groups in total. The Morgan fingerprint density at radius 3 is 1.40 bits per heavy atom. The molecule has 0 atom stereocenters. The Morgan fingerprint density at radius 1 is 0.543 bits per heavy atom. The van der Waals surface area contributed by atoms with Gasteiger partial charge in [-0.25, -0.2) is 9.97 Å². The molecule has 2 fully saturated rings. The molecule has 2 aliphatic rings. The van der Waals surface area contributed by atoms with Gasteiger partial charge in [-0.15, -0.1) is 0 Å². The average molecular weight is 949 g/mol. The van der Waals surface area contributed by atoms with Gasteiger partial charge in [-0.2, -0.15) is 22.3 Å². The molecule has 0 spiro atoms. The zero-order valence-corrected chi connectivity index (χ0v) is 39.5. The lowest BCUT2D eigenvalue weighted by atomic mass is 10.1. The largest absolute Gasteiger partial charge is 0.451 e. The van der Waals surface area contributed by atoms with E-state index in [2.05, 4.69) is 41.9 Å². The average Bonchev–Trinajstić information content (AvgIpc) is 4.28. The number of anilines is 2. The summed E-state index contributed by atoms with van der Waals surface area (Å²) in [5, 5.41) is 24.8. The van der Waals surface area contributed by atoms with Crippen LogP contribution < -0.4 is 10.6 Å². The summed E-state index contributed by atoms with van der Waals surface area (Å²) < 4.78 is 16.0. The van der Waals surface area contributed by atoms with Gasteiger partial charge in [-0.1, -0.05) is 24.3 Å². The minimum atomic E-state index is -0.0348. The van der Waals surface area contributed by atoms with Gasteiger partial charge < -0.3 is 38.4 Å². The molecule has 2 amide bonds. The molecule has 0 unspecified atom stereocenters. The number of thioether (sulfide) groups is 1. The van der Waals surface area contributed by atoms with E-state index in [9.17, 15) is 9.59 Å². The third kappa shape index (κ3) is 11.9. The van der Waals surface area contributed by atoms with Crippen molar-refractivity contribution in [2.75, 3.05) is 48.3 Å². The standard InChI is InChI=1S/C28H27N5O2.C27H25N5O2S/c29-16-21-4-6-22(7-5-21)19-33-20-30-17-25(33)18-31-24-10-8-23(9-11-24)26-12-13-27(35-26)28(34)32-14-2-1-3-15-32;28-15-20-1-3-21(4-2-20)18-32-19-29-16-24(32)17-30-23-7-5-22(6-8-23)25-9-10-26(34-25)27(33)31-11-13-35-14-12-31/h4-13,17,20,31H,1-3,14-15,18-19H2;1-10,16,19,30H,11-14,17-18H2. The maximum atomic E-state index is 12.7. The number of aromatic nitrogens is 4. The highest BCUT2D eigenvalue weighted by atomic mass is 32.2. The molecule has 4 aromatic carbocycles. The van der Waals surface area contributed by atoms with Gasteiger partial charge in [-0.05, 0) is 127 Å². The number of carbonyl (C=O) groups is 2. The molecule has 10 rings (SSSR count). The van der Waals surface area contributed by atoms with E-state index in [1.807, 2.05) is 156 Å². The minimum Gasteiger partial charge on any atom is -0.451 e. The van der Waals surface area contributed by atoms with Crippen LogP contribution in [0.15, 0.2) is 155 Å². The van der Waals surface area contributed by atoms with Crippen molar-refractivity contribution in [1.29, 1.82) is 10.5 Å². The highest BCUT2D eigenvalue weighted by Crippen LogP contribution is 2.27. The van der Waals surface area contributed by atoms with E-state index in [-0.39, 0.29) is 11.8 Å². The summed E-state index contributed by atoms with van der Waals surface area (Å²) in [4.78, 5) is 37.7. The maximum absolute atomic E-state index is 12.7. The van der Waals surface area contributed by atoms with Gasteiger partial charge in [0.1, 0.15) is 11.5 Å². The Bertz CT molecular complexity index is 2860. The predicted octanol–water partition coefficient (Wildman–Crippen LogP) is 10.2. The van der Waals surface area contributed by atoms with Crippen molar-refractivity contribution < 1.29 is 18.4 Å². The van der Waals surface area contributed by atoms with Crippen molar-refractivity contribution in [1.82, 2.24) is 28.9 Å². The van der Waals surface area contributed by atoms with Crippen LogP contribution in [0, 0.1) is 22.7 Å². The van der Waals surface area contributed by atoms with Crippen LogP contribution in [-0.2, 0) is 26.2 Å². The first kappa shape index (κ1) is 46.8. The second-order valence-electron chi connectivity index (χ2n) is 17.1. The van der Waals surface area contributed by atoms with Gasteiger partial charge >= 0.3 is 0 Å². The summed E-state index contributed by atoms with van der Waals surface area (Å²) >= 11 is 1.87. The molecule has 4 aromatic heterocycles. The lowest BCUT2D eigenvalue weighted by Gasteiger charge is -2.25. The van der Waals surface area contributed by atoms with Gasteiger partial charge in [0.15, 0.2) is 11.5 Å². The quantitative estimate of drug-likeness (QED) is 0.106. The number of piperidine rings is 1. The number of amides is 2. The fourth-order valence-corrected chi connectivity index (χ4v) is 9.22. The third-order valence-electron chi connectivity index (χ3n) is 12.3. The summed E-state index contributed by atoms with van der Waals surface area (Å²) in [6, 6.07) is 42.7. The van der Waals surface area contributed by atoms with E-state index < -0.39 is 0 Å². The Balaban J connectivity index is 0.000000174. The number of carbonyl (C=O) groups excluding carboxylic acids is 2. The maximum Gasteiger partial charge on any atom is 0.289 e. The van der Waals surface area contributed by atoms with Gasteiger partial charge in [-0.3, -0.25) is 9.59 Å². The first-order valence-corrected chi connectivity index (χ1v) is 24.6. The molecule has 0 saturated carbocycles. The van der Waals surface area contributed by atoms with Gasteiger partial charge in [0.2, 0.25) is 0 Å². The van der Waals surface area contributed by atoms with E-state index in [0.29, 0.717) is 60.3 Å². The fraction of sp³-hybridized carbons (Fsp3) is 0.236. The van der Waals surface area contributed by atoms with E-state index in [0.717, 1.165) is 95.5 Å². The zero-order valence-electron chi connectivity index (χ0n) is 38.7. The first-order valence-electron chi connectivity index (χ1n) is 23.4. The molecule has 352 valence electrons.